The van der Waals surface area contributed by atoms with Gasteiger partial charge in [-0.1, -0.05) is 13.8 Å². The van der Waals surface area contributed by atoms with Crippen LogP contribution in [-0.2, 0) is 4.79 Å². The molecule has 0 radical (unpaired) electrons. The number of carbonyl (C=O) groups excluding carboxylic acids is 2. The first-order valence-electron chi connectivity index (χ1n) is 8.22. The van der Waals surface area contributed by atoms with Gasteiger partial charge < -0.3 is 15.5 Å². The lowest BCUT2D eigenvalue weighted by Gasteiger charge is -2.41. The van der Waals surface area contributed by atoms with Crippen LogP contribution in [0, 0.1) is 5.92 Å². The van der Waals surface area contributed by atoms with E-state index in [4.69, 9.17) is 5.73 Å². The van der Waals surface area contributed by atoms with Crippen molar-refractivity contribution in [2.75, 3.05) is 13.1 Å². The second-order valence-electron chi connectivity index (χ2n) is 6.80. The van der Waals surface area contributed by atoms with Crippen molar-refractivity contribution < 1.29 is 9.59 Å². The first kappa shape index (κ1) is 16.4. The van der Waals surface area contributed by atoms with E-state index in [9.17, 15) is 9.59 Å². The SMILES string of the molecule is CC(C)[C@H](N)c1nc(C(=O)N2C[C@H]3CCCN3C(=O)[C@H]2C)cs1. The number of carbonyl (C=O) groups is 2. The fourth-order valence-electron chi connectivity index (χ4n) is 3.30. The smallest absolute Gasteiger partial charge is 0.274 e. The summed E-state index contributed by atoms with van der Waals surface area (Å²) in [5.74, 6) is 0.170. The highest BCUT2D eigenvalue weighted by Gasteiger charge is 2.42. The molecule has 1 aromatic rings. The molecule has 2 amide bonds. The summed E-state index contributed by atoms with van der Waals surface area (Å²) in [6, 6.07) is -0.410. The first-order valence-corrected chi connectivity index (χ1v) is 9.10. The summed E-state index contributed by atoms with van der Waals surface area (Å²) in [5, 5.41) is 2.54. The highest BCUT2D eigenvalue weighted by molar-refractivity contribution is 7.09. The molecule has 2 N–H and O–H groups in total. The number of nitrogens with two attached hydrogens (primary N) is 1. The number of rotatable bonds is 3. The molecular weight excluding hydrogens is 312 g/mol. The molecular formula is C16H24N4O2S. The van der Waals surface area contributed by atoms with Gasteiger partial charge in [-0.15, -0.1) is 11.3 Å². The van der Waals surface area contributed by atoms with Crippen LogP contribution in [0.15, 0.2) is 5.38 Å². The van der Waals surface area contributed by atoms with Crippen LogP contribution in [0.2, 0.25) is 0 Å². The van der Waals surface area contributed by atoms with Gasteiger partial charge in [-0.2, -0.15) is 0 Å². The zero-order valence-electron chi connectivity index (χ0n) is 13.9. The number of piperazine rings is 1. The molecule has 0 aliphatic carbocycles. The zero-order valence-corrected chi connectivity index (χ0v) is 14.7. The van der Waals surface area contributed by atoms with Crippen molar-refractivity contribution in [1.29, 1.82) is 0 Å². The Hall–Kier alpha value is -1.47. The quantitative estimate of drug-likeness (QED) is 0.910. The van der Waals surface area contributed by atoms with Gasteiger partial charge in [0.15, 0.2) is 0 Å². The molecule has 23 heavy (non-hydrogen) atoms. The van der Waals surface area contributed by atoms with Crippen LogP contribution >= 0.6 is 11.3 Å². The largest absolute Gasteiger partial charge is 0.336 e. The van der Waals surface area contributed by atoms with Crippen molar-refractivity contribution in [2.24, 2.45) is 11.7 Å². The van der Waals surface area contributed by atoms with E-state index in [1.165, 1.54) is 11.3 Å². The molecule has 6 nitrogen and oxygen atoms in total. The third-order valence-corrected chi connectivity index (χ3v) is 5.84. The molecule has 3 atom stereocenters. The number of fused-ring (bicyclic) bond motifs is 1. The van der Waals surface area contributed by atoms with Crippen LogP contribution in [0.25, 0.3) is 0 Å². The van der Waals surface area contributed by atoms with Crippen molar-refractivity contribution in [2.45, 2.75) is 51.7 Å². The number of aromatic nitrogens is 1. The number of hydrogen-bond donors (Lipinski definition) is 1. The summed E-state index contributed by atoms with van der Waals surface area (Å²) in [7, 11) is 0. The Bertz CT molecular complexity index is 615. The minimum absolute atomic E-state index is 0.0569. The van der Waals surface area contributed by atoms with Gasteiger partial charge in [0, 0.05) is 24.5 Å². The molecule has 7 heteroatoms. The zero-order chi connectivity index (χ0) is 16.7. The molecule has 2 fully saturated rings. The molecule has 3 rings (SSSR count). The lowest BCUT2D eigenvalue weighted by atomic mass is 10.1. The van der Waals surface area contributed by atoms with Crippen LogP contribution in [0.3, 0.4) is 0 Å². The van der Waals surface area contributed by atoms with E-state index in [0.717, 1.165) is 24.4 Å². The van der Waals surface area contributed by atoms with E-state index in [1.54, 1.807) is 10.3 Å². The maximum atomic E-state index is 12.8. The fraction of sp³-hybridized carbons (Fsp3) is 0.688. The summed E-state index contributed by atoms with van der Waals surface area (Å²) in [5.41, 5.74) is 6.52. The Kier molecular flexibility index (Phi) is 4.42. The molecule has 0 spiro atoms. The predicted octanol–water partition coefficient (Wildman–Crippen LogP) is 1.63. The monoisotopic (exact) mass is 336 g/mol. The second kappa shape index (κ2) is 6.20. The highest BCUT2D eigenvalue weighted by Crippen LogP contribution is 2.28. The molecule has 3 heterocycles. The van der Waals surface area contributed by atoms with Crippen LogP contribution < -0.4 is 5.73 Å². The van der Waals surface area contributed by atoms with E-state index in [1.807, 2.05) is 25.7 Å². The van der Waals surface area contributed by atoms with Crippen molar-refractivity contribution in [3.8, 4) is 0 Å². The van der Waals surface area contributed by atoms with Gasteiger partial charge in [-0.05, 0) is 25.7 Å². The summed E-state index contributed by atoms with van der Waals surface area (Å²) in [6.45, 7) is 7.30. The minimum Gasteiger partial charge on any atom is -0.336 e. The average molecular weight is 336 g/mol. The fourth-order valence-corrected chi connectivity index (χ4v) is 4.27. The molecule has 2 saturated heterocycles. The Morgan fingerprint density at radius 2 is 2.22 bits per heavy atom. The predicted molar refractivity (Wildman–Crippen MR) is 89.1 cm³/mol. The summed E-state index contributed by atoms with van der Waals surface area (Å²) >= 11 is 1.42. The lowest BCUT2D eigenvalue weighted by molar-refractivity contribution is -0.141. The number of amides is 2. The van der Waals surface area contributed by atoms with Crippen molar-refractivity contribution in [3.05, 3.63) is 16.1 Å². The number of thiazole rings is 1. The highest BCUT2D eigenvalue weighted by atomic mass is 32.1. The third kappa shape index (κ3) is 2.87. The van der Waals surface area contributed by atoms with Crippen LogP contribution in [-0.4, -0.2) is 51.8 Å². The molecule has 2 aliphatic rings. The van der Waals surface area contributed by atoms with E-state index >= 15 is 0 Å². The van der Waals surface area contributed by atoms with E-state index < -0.39 is 6.04 Å². The molecule has 0 aromatic carbocycles. The lowest BCUT2D eigenvalue weighted by Crippen LogP contribution is -2.60. The maximum absolute atomic E-state index is 12.8. The van der Waals surface area contributed by atoms with Gasteiger partial charge in [-0.25, -0.2) is 4.98 Å². The summed E-state index contributed by atoms with van der Waals surface area (Å²) in [4.78, 5) is 33.3. The topological polar surface area (TPSA) is 79.5 Å². The Labute approximate surface area is 140 Å². The average Bonchev–Trinajstić information content (AvgIpc) is 3.18. The Morgan fingerprint density at radius 3 is 2.91 bits per heavy atom. The van der Waals surface area contributed by atoms with Gasteiger partial charge in [-0.3, -0.25) is 9.59 Å². The normalized spacial score (nSPS) is 25.9. The maximum Gasteiger partial charge on any atom is 0.274 e. The standard InChI is InChI=1S/C16H24N4O2S/c1-9(2)13(17)14-18-12(8-23-14)16(22)20-7-11-5-4-6-19(11)15(21)10(20)3/h8-11,13H,4-7,17H2,1-3H3/t10-,11-,13+/m1/s1. The van der Waals surface area contributed by atoms with Gasteiger partial charge in [0.2, 0.25) is 5.91 Å². The van der Waals surface area contributed by atoms with Gasteiger partial charge in [0.25, 0.3) is 5.91 Å². The van der Waals surface area contributed by atoms with Gasteiger partial charge in [0.05, 0.1) is 6.04 Å². The number of hydrogen-bond acceptors (Lipinski definition) is 5. The molecule has 2 aliphatic heterocycles. The molecule has 0 unspecified atom stereocenters. The van der Waals surface area contributed by atoms with E-state index in [2.05, 4.69) is 4.98 Å². The first-order chi connectivity index (χ1) is 10.9. The van der Waals surface area contributed by atoms with Crippen LogP contribution in [0.5, 0.6) is 0 Å². The number of nitrogens with zero attached hydrogens (tertiary/aromatic N) is 3. The van der Waals surface area contributed by atoms with Gasteiger partial charge >= 0.3 is 0 Å². The molecule has 126 valence electrons. The van der Waals surface area contributed by atoms with Crippen molar-refractivity contribution in [3.63, 3.8) is 0 Å². The van der Waals surface area contributed by atoms with Gasteiger partial charge in [0.1, 0.15) is 16.7 Å². The van der Waals surface area contributed by atoms with Crippen LogP contribution in [0.1, 0.15) is 55.2 Å². The van der Waals surface area contributed by atoms with E-state index in [0.29, 0.717) is 12.2 Å². The molecule has 1 aromatic heterocycles. The Morgan fingerprint density at radius 1 is 1.48 bits per heavy atom. The molecule has 0 saturated carbocycles. The minimum atomic E-state index is -0.416. The van der Waals surface area contributed by atoms with E-state index in [-0.39, 0.29) is 29.8 Å². The summed E-state index contributed by atoms with van der Waals surface area (Å²) < 4.78 is 0. The third-order valence-electron chi connectivity index (χ3n) is 4.90. The second-order valence-corrected chi connectivity index (χ2v) is 7.69. The van der Waals surface area contributed by atoms with Crippen molar-refractivity contribution in [1.82, 2.24) is 14.8 Å². The van der Waals surface area contributed by atoms with Crippen LogP contribution in [0.4, 0.5) is 0 Å². The van der Waals surface area contributed by atoms with Crippen molar-refractivity contribution >= 4 is 23.2 Å². The summed E-state index contributed by atoms with van der Waals surface area (Å²) in [6.07, 6.45) is 2.00. The molecule has 0 bridgehead atoms. The Balaban J connectivity index is 1.78.